The number of esters is 1. The Morgan fingerprint density at radius 3 is 2.52 bits per heavy atom. The highest BCUT2D eigenvalue weighted by molar-refractivity contribution is 7.53. The molecule has 0 spiro atoms. The van der Waals surface area contributed by atoms with Crippen LogP contribution in [0.25, 0.3) is 5.78 Å². The Morgan fingerprint density at radius 1 is 1.22 bits per heavy atom. The number of aromatic nitrogens is 3. The normalized spacial score (nSPS) is 11.8. The number of rotatable bonds is 8. The standard InChI is InChI=1S/C14H20N3O5P/c1-4-20-13(18)12-9-17-11(7-8-15-14(17)16-12)10-23(19,21-5-2)22-6-3/h7-9H,4-6,10H2,1-3H3. The van der Waals surface area contributed by atoms with Crippen LogP contribution in [-0.4, -0.2) is 40.2 Å². The predicted octanol–water partition coefficient (Wildman–Crippen LogP) is 2.67. The highest BCUT2D eigenvalue weighted by Gasteiger charge is 2.26. The molecule has 23 heavy (non-hydrogen) atoms. The van der Waals surface area contributed by atoms with Crippen molar-refractivity contribution in [3.63, 3.8) is 0 Å². The number of hydrogen-bond acceptors (Lipinski definition) is 7. The van der Waals surface area contributed by atoms with E-state index in [0.717, 1.165) is 0 Å². The van der Waals surface area contributed by atoms with Gasteiger partial charge in [-0.3, -0.25) is 8.97 Å². The molecule has 0 atom stereocenters. The summed E-state index contributed by atoms with van der Waals surface area (Å²) in [5.41, 5.74) is 0.776. The molecule has 126 valence electrons. The highest BCUT2D eigenvalue weighted by atomic mass is 31.2. The summed E-state index contributed by atoms with van der Waals surface area (Å²) in [5, 5.41) is 0. The van der Waals surface area contributed by atoms with Gasteiger partial charge in [-0.1, -0.05) is 0 Å². The van der Waals surface area contributed by atoms with E-state index in [1.807, 2.05) is 0 Å². The van der Waals surface area contributed by atoms with Crippen LogP contribution in [0, 0.1) is 0 Å². The van der Waals surface area contributed by atoms with Crippen LogP contribution in [-0.2, 0) is 24.5 Å². The second-order valence-electron chi connectivity index (χ2n) is 4.56. The fraction of sp³-hybridized carbons (Fsp3) is 0.500. The Labute approximate surface area is 134 Å². The Balaban J connectivity index is 2.37. The van der Waals surface area contributed by atoms with Crippen LogP contribution in [0.4, 0.5) is 0 Å². The van der Waals surface area contributed by atoms with Gasteiger partial charge in [-0.25, -0.2) is 14.8 Å². The maximum Gasteiger partial charge on any atom is 0.358 e. The number of ether oxygens (including phenoxy) is 1. The van der Waals surface area contributed by atoms with Gasteiger partial charge in [-0.05, 0) is 26.8 Å². The smallest absolute Gasteiger partial charge is 0.358 e. The molecule has 0 fully saturated rings. The molecular weight excluding hydrogens is 321 g/mol. The van der Waals surface area contributed by atoms with E-state index >= 15 is 0 Å². The van der Waals surface area contributed by atoms with Crippen molar-refractivity contribution in [2.24, 2.45) is 0 Å². The van der Waals surface area contributed by atoms with Gasteiger partial charge in [0.2, 0.25) is 5.78 Å². The zero-order valence-electron chi connectivity index (χ0n) is 13.4. The van der Waals surface area contributed by atoms with E-state index < -0.39 is 13.6 Å². The van der Waals surface area contributed by atoms with Crippen LogP contribution in [0.1, 0.15) is 37.0 Å². The molecule has 2 aromatic heterocycles. The molecule has 2 aromatic rings. The monoisotopic (exact) mass is 341 g/mol. The number of fused-ring (bicyclic) bond motifs is 1. The van der Waals surface area contributed by atoms with Crippen LogP contribution in [0.2, 0.25) is 0 Å². The van der Waals surface area contributed by atoms with Gasteiger partial charge in [0.15, 0.2) is 5.69 Å². The third-order valence-corrected chi connectivity index (χ3v) is 4.96. The fourth-order valence-electron chi connectivity index (χ4n) is 2.10. The lowest BCUT2D eigenvalue weighted by Crippen LogP contribution is -2.05. The molecule has 0 aliphatic rings. The lowest BCUT2D eigenvalue weighted by molar-refractivity contribution is 0.0520. The molecule has 0 saturated carbocycles. The molecule has 2 rings (SSSR count). The van der Waals surface area contributed by atoms with E-state index in [2.05, 4.69) is 9.97 Å². The number of carbonyl (C=O) groups is 1. The molecule has 0 unspecified atom stereocenters. The van der Waals surface area contributed by atoms with E-state index in [-0.39, 0.29) is 31.7 Å². The van der Waals surface area contributed by atoms with Gasteiger partial charge in [-0.15, -0.1) is 0 Å². The lowest BCUT2D eigenvalue weighted by Gasteiger charge is -2.17. The molecule has 2 heterocycles. The minimum Gasteiger partial charge on any atom is -0.461 e. The molecule has 9 heteroatoms. The first-order chi connectivity index (χ1) is 11.0. The Bertz CT molecular complexity index is 720. The SMILES string of the molecule is CCOC(=O)c1cn2c(CP(=O)(OCC)OCC)ccnc2n1. The summed E-state index contributed by atoms with van der Waals surface area (Å²) in [6.45, 7) is 6.05. The van der Waals surface area contributed by atoms with E-state index in [4.69, 9.17) is 13.8 Å². The lowest BCUT2D eigenvalue weighted by atomic mass is 10.4. The minimum atomic E-state index is -3.27. The summed E-state index contributed by atoms with van der Waals surface area (Å²) in [5.74, 6) is -0.202. The van der Waals surface area contributed by atoms with Gasteiger partial charge < -0.3 is 13.8 Å². The van der Waals surface area contributed by atoms with Crippen LogP contribution in [0.15, 0.2) is 18.5 Å². The predicted molar refractivity (Wildman–Crippen MR) is 83.5 cm³/mol. The number of carbonyl (C=O) groups excluding carboxylic acids is 1. The third kappa shape index (κ3) is 4.16. The zero-order valence-corrected chi connectivity index (χ0v) is 14.3. The minimum absolute atomic E-state index is 0.0618. The quantitative estimate of drug-likeness (QED) is 0.538. The summed E-state index contributed by atoms with van der Waals surface area (Å²) in [6.07, 6.45) is 3.11. The van der Waals surface area contributed by atoms with Crippen LogP contribution in [0.3, 0.4) is 0 Å². The molecule has 0 N–H and O–H groups in total. The molecule has 0 aliphatic carbocycles. The maximum absolute atomic E-state index is 12.7. The van der Waals surface area contributed by atoms with Gasteiger partial charge in [0.05, 0.1) is 26.0 Å². The average molecular weight is 341 g/mol. The summed E-state index contributed by atoms with van der Waals surface area (Å²) in [4.78, 5) is 20.0. The van der Waals surface area contributed by atoms with Crippen LogP contribution >= 0.6 is 7.60 Å². The van der Waals surface area contributed by atoms with Crippen molar-refractivity contribution >= 4 is 19.3 Å². The van der Waals surface area contributed by atoms with Crippen LogP contribution < -0.4 is 0 Å². The van der Waals surface area contributed by atoms with E-state index in [1.54, 1.807) is 31.2 Å². The molecular formula is C14H20N3O5P. The Kier molecular flexibility index (Phi) is 5.87. The third-order valence-electron chi connectivity index (χ3n) is 2.95. The summed E-state index contributed by atoms with van der Waals surface area (Å²) in [7, 11) is -3.27. The molecule has 0 aliphatic heterocycles. The highest BCUT2D eigenvalue weighted by Crippen LogP contribution is 2.51. The van der Waals surface area contributed by atoms with Crippen molar-refractivity contribution in [3.8, 4) is 0 Å². The van der Waals surface area contributed by atoms with Crippen molar-refractivity contribution < 1.29 is 23.1 Å². The number of nitrogens with zero attached hydrogens (tertiary/aromatic N) is 3. The maximum atomic E-state index is 12.7. The van der Waals surface area contributed by atoms with Crippen molar-refractivity contribution in [2.75, 3.05) is 19.8 Å². The average Bonchev–Trinajstić information content (AvgIpc) is 2.93. The van der Waals surface area contributed by atoms with Gasteiger partial charge in [0, 0.05) is 18.1 Å². The van der Waals surface area contributed by atoms with Crippen molar-refractivity contribution in [1.82, 2.24) is 14.4 Å². The van der Waals surface area contributed by atoms with Gasteiger partial charge in [0.1, 0.15) is 0 Å². The van der Waals surface area contributed by atoms with Crippen LogP contribution in [0.5, 0.6) is 0 Å². The first-order valence-corrected chi connectivity index (χ1v) is 9.14. The topological polar surface area (TPSA) is 92.0 Å². The largest absolute Gasteiger partial charge is 0.461 e. The molecule has 8 nitrogen and oxygen atoms in total. The fourth-order valence-corrected chi connectivity index (χ4v) is 3.79. The summed E-state index contributed by atoms with van der Waals surface area (Å²) in [6, 6.07) is 1.69. The van der Waals surface area contributed by atoms with E-state index in [1.165, 1.54) is 12.4 Å². The molecule has 0 radical (unpaired) electrons. The van der Waals surface area contributed by atoms with Crippen molar-refractivity contribution in [3.05, 3.63) is 29.8 Å². The summed E-state index contributed by atoms with van der Waals surface area (Å²) < 4.78 is 29.8. The Hall–Kier alpha value is -1.76. The van der Waals surface area contributed by atoms with Gasteiger partial charge >= 0.3 is 13.6 Å². The molecule has 0 bridgehead atoms. The van der Waals surface area contributed by atoms with Gasteiger partial charge in [0.25, 0.3) is 0 Å². The second-order valence-corrected chi connectivity index (χ2v) is 6.61. The Morgan fingerprint density at radius 2 is 1.91 bits per heavy atom. The van der Waals surface area contributed by atoms with E-state index in [9.17, 15) is 9.36 Å². The number of hydrogen-bond donors (Lipinski definition) is 0. The first-order valence-electron chi connectivity index (χ1n) is 7.41. The van der Waals surface area contributed by atoms with Crippen molar-refractivity contribution in [2.45, 2.75) is 26.9 Å². The molecule has 0 saturated heterocycles. The zero-order chi connectivity index (χ0) is 16.9. The van der Waals surface area contributed by atoms with Gasteiger partial charge in [-0.2, -0.15) is 0 Å². The second kappa shape index (κ2) is 7.68. The first kappa shape index (κ1) is 17.6. The summed E-state index contributed by atoms with van der Waals surface area (Å²) >= 11 is 0. The number of imidazole rings is 1. The van der Waals surface area contributed by atoms with Crippen molar-refractivity contribution in [1.29, 1.82) is 0 Å². The van der Waals surface area contributed by atoms with E-state index in [0.29, 0.717) is 11.5 Å². The molecule has 0 amide bonds. The molecule has 0 aromatic carbocycles.